The summed E-state index contributed by atoms with van der Waals surface area (Å²) in [5.41, 5.74) is 5.00. The fourth-order valence-electron chi connectivity index (χ4n) is 1.02. The van der Waals surface area contributed by atoms with E-state index in [9.17, 15) is 5.11 Å². The number of hydrogen-bond donors (Lipinski definition) is 2. The summed E-state index contributed by atoms with van der Waals surface area (Å²) in [6.07, 6.45) is 1.64. The standard InChI is InChI=1S/C11H19BN2O2/c1-10(2,15)11(3,4)16-12-8-5-6-14-9(13)7-8/h5-7,12,15H,1-4H3,(H2,13,14). The van der Waals surface area contributed by atoms with E-state index in [4.69, 9.17) is 10.4 Å². The minimum atomic E-state index is -0.897. The van der Waals surface area contributed by atoms with Gasteiger partial charge in [0, 0.05) is 6.20 Å². The lowest BCUT2D eigenvalue weighted by molar-refractivity contribution is -0.0893. The molecule has 0 spiro atoms. The highest BCUT2D eigenvalue weighted by Gasteiger charge is 2.35. The van der Waals surface area contributed by atoms with Crippen molar-refractivity contribution in [2.75, 3.05) is 5.73 Å². The van der Waals surface area contributed by atoms with Gasteiger partial charge in [0.15, 0.2) is 0 Å². The van der Waals surface area contributed by atoms with E-state index < -0.39 is 11.2 Å². The fourth-order valence-corrected chi connectivity index (χ4v) is 1.02. The summed E-state index contributed by atoms with van der Waals surface area (Å²) in [5.74, 6) is 0.474. The quantitative estimate of drug-likeness (QED) is 0.714. The minimum absolute atomic E-state index is 0.406. The second-order valence-corrected chi connectivity index (χ2v) is 4.95. The molecule has 3 N–H and O–H groups in total. The molecule has 0 saturated carbocycles. The summed E-state index contributed by atoms with van der Waals surface area (Å²) in [4.78, 5) is 3.91. The van der Waals surface area contributed by atoms with Gasteiger partial charge in [0.1, 0.15) is 5.82 Å². The van der Waals surface area contributed by atoms with E-state index in [1.54, 1.807) is 26.1 Å². The van der Waals surface area contributed by atoms with Crippen molar-refractivity contribution in [3.05, 3.63) is 18.3 Å². The van der Waals surface area contributed by atoms with Crippen LogP contribution in [0.25, 0.3) is 0 Å². The van der Waals surface area contributed by atoms with E-state index in [2.05, 4.69) is 4.98 Å². The highest BCUT2D eigenvalue weighted by atomic mass is 16.5. The zero-order valence-electron chi connectivity index (χ0n) is 10.3. The summed E-state index contributed by atoms with van der Waals surface area (Å²) in [7, 11) is 0.406. The van der Waals surface area contributed by atoms with Gasteiger partial charge in [-0.3, -0.25) is 0 Å². The molecule has 88 valence electrons. The third kappa shape index (κ3) is 3.22. The van der Waals surface area contributed by atoms with Gasteiger partial charge < -0.3 is 15.5 Å². The first-order valence-electron chi connectivity index (χ1n) is 5.29. The van der Waals surface area contributed by atoms with Gasteiger partial charge in [0.05, 0.1) is 11.2 Å². The monoisotopic (exact) mass is 222 g/mol. The number of pyridine rings is 1. The maximum absolute atomic E-state index is 9.92. The van der Waals surface area contributed by atoms with Crippen LogP contribution in [0.5, 0.6) is 0 Å². The summed E-state index contributed by atoms with van der Waals surface area (Å²) in [6.45, 7) is 7.18. The molecule has 0 aliphatic rings. The lowest BCUT2D eigenvalue weighted by Crippen LogP contribution is -2.49. The Bertz CT molecular complexity index is 361. The van der Waals surface area contributed by atoms with Crippen LogP contribution in [-0.2, 0) is 4.65 Å². The molecule has 4 nitrogen and oxygen atoms in total. The molecular formula is C11H19BN2O2. The topological polar surface area (TPSA) is 68.4 Å². The van der Waals surface area contributed by atoms with Gasteiger partial charge in [-0.05, 0) is 45.3 Å². The molecule has 16 heavy (non-hydrogen) atoms. The zero-order chi connectivity index (χ0) is 12.4. The molecule has 1 aromatic heterocycles. The second-order valence-electron chi connectivity index (χ2n) is 4.95. The predicted molar refractivity (Wildman–Crippen MR) is 66.9 cm³/mol. The van der Waals surface area contributed by atoms with Crippen molar-refractivity contribution in [2.45, 2.75) is 38.9 Å². The molecule has 0 radical (unpaired) electrons. The highest BCUT2D eigenvalue weighted by molar-refractivity contribution is 6.47. The van der Waals surface area contributed by atoms with Crippen molar-refractivity contribution in [2.24, 2.45) is 0 Å². The van der Waals surface area contributed by atoms with Crippen LogP contribution in [0.2, 0.25) is 0 Å². The smallest absolute Gasteiger partial charge is 0.309 e. The first-order valence-corrected chi connectivity index (χ1v) is 5.29. The van der Waals surface area contributed by atoms with Crippen molar-refractivity contribution >= 4 is 18.8 Å². The molecule has 1 rings (SSSR count). The summed E-state index contributed by atoms with van der Waals surface area (Å²) < 4.78 is 5.70. The van der Waals surface area contributed by atoms with Crippen LogP contribution in [-0.4, -0.2) is 28.8 Å². The van der Waals surface area contributed by atoms with Crippen molar-refractivity contribution in [3.63, 3.8) is 0 Å². The van der Waals surface area contributed by atoms with Gasteiger partial charge in [-0.1, -0.05) is 0 Å². The molecule has 0 unspecified atom stereocenters. The molecule has 0 amide bonds. The Morgan fingerprint density at radius 1 is 1.38 bits per heavy atom. The molecule has 0 aromatic carbocycles. The number of hydrogen-bond acceptors (Lipinski definition) is 4. The first-order chi connectivity index (χ1) is 7.22. The number of aliphatic hydroxyl groups is 1. The molecule has 1 aromatic rings. The zero-order valence-corrected chi connectivity index (χ0v) is 10.3. The molecule has 0 atom stereocenters. The summed E-state index contributed by atoms with van der Waals surface area (Å²) >= 11 is 0. The average Bonchev–Trinajstić information content (AvgIpc) is 2.13. The molecule has 0 fully saturated rings. The van der Waals surface area contributed by atoms with Crippen LogP contribution < -0.4 is 11.2 Å². The maximum Gasteiger partial charge on any atom is 0.309 e. The fraction of sp³-hybridized carbons (Fsp3) is 0.545. The van der Waals surface area contributed by atoms with Crippen LogP contribution >= 0.6 is 0 Å². The van der Waals surface area contributed by atoms with E-state index in [1.165, 1.54) is 0 Å². The van der Waals surface area contributed by atoms with Crippen LogP contribution in [0.1, 0.15) is 27.7 Å². The van der Waals surface area contributed by atoms with Crippen molar-refractivity contribution in [1.82, 2.24) is 4.98 Å². The first kappa shape index (κ1) is 13.0. The Hall–Kier alpha value is -1.07. The SMILES string of the molecule is CC(C)(O)C(C)(C)OBc1ccnc(N)c1. The Kier molecular flexibility index (Phi) is 3.60. The highest BCUT2D eigenvalue weighted by Crippen LogP contribution is 2.24. The third-order valence-corrected chi connectivity index (χ3v) is 2.92. The Balaban J connectivity index is 2.65. The van der Waals surface area contributed by atoms with Gasteiger partial charge in [-0.15, -0.1) is 0 Å². The average molecular weight is 222 g/mol. The van der Waals surface area contributed by atoms with Crippen LogP contribution in [0.3, 0.4) is 0 Å². The minimum Gasteiger partial charge on any atom is -0.427 e. The lowest BCUT2D eigenvalue weighted by atomic mass is 9.83. The number of rotatable bonds is 4. The normalized spacial score (nSPS) is 12.6. The Labute approximate surface area is 97.1 Å². The summed E-state index contributed by atoms with van der Waals surface area (Å²) in [6, 6.07) is 3.61. The van der Waals surface area contributed by atoms with E-state index in [0.29, 0.717) is 13.3 Å². The van der Waals surface area contributed by atoms with E-state index in [-0.39, 0.29) is 0 Å². The molecule has 5 heteroatoms. The Morgan fingerprint density at radius 3 is 2.50 bits per heavy atom. The van der Waals surface area contributed by atoms with E-state index in [1.807, 2.05) is 19.9 Å². The summed E-state index contributed by atoms with van der Waals surface area (Å²) in [5, 5.41) is 9.92. The van der Waals surface area contributed by atoms with Crippen LogP contribution in [0.4, 0.5) is 5.82 Å². The molecule has 0 aliphatic heterocycles. The molecule has 0 saturated heterocycles. The number of nitrogens with zero attached hydrogens (tertiary/aromatic N) is 1. The third-order valence-electron chi connectivity index (χ3n) is 2.92. The second kappa shape index (κ2) is 4.43. The largest absolute Gasteiger partial charge is 0.427 e. The van der Waals surface area contributed by atoms with Gasteiger partial charge in [-0.25, -0.2) is 4.98 Å². The van der Waals surface area contributed by atoms with Gasteiger partial charge >= 0.3 is 7.48 Å². The van der Waals surface area contributed by atoms with Gasteiger partial charge in [0.25, 0.3) is 0 Å². The predicted octanol–water partition coefficient (Wildman–Crippen LogP) is 0.207. The van der Waals surface area contributed by atoms with Crippen LogP contribution in [0.15, 0.2) is 18.3 Å². The van der Waals surface area contributed by atoms with Crippen molar-refractivity contribution in [1.29, 1.82) is 0 Å². The van der Waals surface area contributed by atoms with Crippen molar-refractivity contribution in [3.8, 4) is 0 Å². The van der Waals surface area contributed by atoms with Gasteiger partial charge in [0.2, 0.25) is 0 Å². The van der Waals surface area contributed by atoms with Gasteiger partial charge in [-0.2, -0.15) is 0 Å². The van der Waals surface area contributed by atoms with E-state index >= 15 is 0 Å². The molecular weight excluding hydrogens is 203 g/mol. The van der Waals surface area contributed by atoms with Crippen molar-refractivity contribution < 1.29 is 9.76 Å². The number of anilines is 1. The number of nitrogens with two attached hydrogens (primary N) is 1. The molecule has 0 aliphatic carbocycles. The lowest BCUT2D eigenvalue weighted by Gasteiger charge is -2.37. The molecule has 0 bridgehead atoms. The van der Waals surface area contributed by atoms with E-state index in [0.717, 1.165) is 5.46 Å². The number of nitrogen functional groups attached to an aromatic ring is 1. The maximum atomic E-state index is 9.92. The Morgan fingerprint density at radius 2 is 2.00 bits per heavy atom. The number of aromatic nitrogens is 1. The van der Waals surface area contributed by atoms with Crippen LogP contribution in [0, 0.1) is 0 Å². The molecule has 1 heterocycles.